The maximum atomic E-state index is 11.5. The average Bonchev–Trinajstić information content (AvgIpc) is 2.48. The highest BCUT2D eigenvalue weighted by Gasteiger charge is 2.10. The molecular weight excluding hydrogens is 238 g/mol. The maximum absolute atomic E-state index is 11.5. The molecule has 3 nitrogen and oxygen atoms in total. The Bertz CT molecular complexity index is 564. The Balaban J connectivity index is 2.44. The minimum absolute atomic E-state index is 0.231. The third-order valence-electron chi connectivity index (χ3n) is 3.04. The number of rotatable bonds is 4. The molecular formula is C16H17NO2. The number of carbonyl (C=O) groups excluding carboxylic acids is 1. The Morgan fingerprint density at radius 2 is 1.89 bits per heavy atom. The molecule has 0 aromatic heterocycles. The fourth-order valence-corrected chi connectivity index (χ4v) is 2.02. The van der Waals surface area contributed by atoms with Crippen LogP contribution in [0.2, 0.25) is 0 Å². The fourth-order valence-electron chi connectivity index (χ4n) is 2.02. The van der Waals surface area contributed by atoms with Crippen LogP contribution in [0.25, 0.3) is 11.1 Å². The van der Waals surface area contributed by atoms with E-state index in [0.29, 0.717) is 0 Å². The van der Waals surface area contributed by atoms with Gasteiger partial charge in [-0.05, 0) is 28.8 Å². The predicted molar refractivity (Wildman–Crippen MR) is 77.1 cm³/mol. The first kappa shape index (κ1) is 13.1. The van der Waals surface area contributed by atoms with Gasteiger partial charge in [0.1, 0.15) is 0 Å². The number of esters is 1. The lowest BCUT2D eigenvalue weighted by Gasteiger charge is -2.11. The van der Waals surface area contributed by atoms with Crippen LogP contribution in [-0.2, 0) is 16.0 Å². The molecule has 0 saturated heterocycles. The molecule has 0 bridgehead atoms. The summed E-state index contributed by atoms with van der Waals surface area (Å²) in [5.74, 6) is -0.231. The third-order valence-corrected chi connectivity index (χ3v) is 3.04. The first-order valence-corrected chi connectivity index (χ1v) is 6.17. The topological polar surface area (TPSA) is 38.3 Å². The summed E-state index contributed by atoms with van der Waals surface area (Å²) in [7, 11) is 3.27. The van der Waals surface area contributed by atoms with E-state index in [1.807, 2.05) is 55.6 Å². The summed E-state index contributed by atoms with van der Waals surface area (Å²) in [6, 6.07) is 16.0. The number of carbonyl (C=O) groups is 1. The highest BCUT2D eigenvalue weighted by atomic mass is 16.5. The summed E-state index contributed by atoms with van der Waals surface area (Å²) in [5.41, 5.74) is 4.11. The molecule has 0 fully saturated rings. The summed E-state index contributed by atoms with van der Waals surface area (Å²) in [6.07, 6.45) is 0.274. The molecule has 0 aliphatic carbocycles. The van der Waals surface area contributed by atoms with E-state index in [-0.39, 0.29) is 12.4 Å². The van der Waals surface area contributed by atoms with E-state index in [4.69, 9.17) is 4.74 Å². The molecule has 2 rings (SSSR count). The minimum atomic E-state index is -0.231. The van der Waals surface area contributed by atoms with Crippen LogP contribution in [0.1, 0.15) is 5.56 Å². The van der Waals surface area contributed by atoms with Gasteiger partial charge in [0.25, 0.3) is 0 Å². The predicted octanol–water partition coefficient (Wildman–Crippen LogP) is 3.11. The normalized spacial score (nSPS) is 10.0. The van der Waals surface area contributed by atoms with Crippen molar-refractivity contribution in [1.82, 2.24) is 0 Å². The van der Waals surface area contributed by atoms with E-state index in [0.717, 1.165) is 22.4 Å². The lowest BCUT2D eigenvalue weighted by Crippen LogP contribution is -2.06. The summed E-state index contributed by atoms with van der Waals surface area (Å²) < 4.78 is 4.76. The molecule has 0 heterocycles. The van der Waals surface area contributed by atoms with Crippen molar-refractivity contribution < 1.29 is 9.53 Å². The van der Waals surface area contributed by atoms with E-state index in [2.05, 4.69) is 5.32 Å². The van der Waals surface area contributed by atoms with Gasteiger partial charge < -0.3 is 10.1 Å². The second kappa shape index (κ2) is 6.05. The van der Waals surface area contributed by atoms with Crippen LogP contribution in [0.3, 0.4) is 0 Å². The van der Waals surface area contributed by atoms with Gasteiger partial charge in [-0.25, -0.2) is 0 Å². The second-order valence-electron chi connectivity index (χ2n) is 4.24. The smallest absolute Gasteiger partial charge is 0.310 e. The first-order chi connectivity index (χ1) is 9.24. The second-order valence-corrected chi connectivity index (χ2v) is 4.24. The zero-order valence-electron chi connectivity index (χ0n) is 11.1. The molecule has 19 heavy (non-hydrogen) atoms. The molecule has 3 heteroatoms. The van der Waals surface area contributed by atoms with Crippen molar-refractivity contribution in [3.05, 3.63) is 54.1 Å². The van der Waals surface area contributed by atoms with Gasteiger partial charge in [-0.3, -0.25) is 4.79 Å². The van der Waals surface area contributed by atoms with Crippen molar-refractivity contribution in [3.63, 3.8) is 0 Å². The molecule has 2 aromatic carbocycles. The van der Waals surface area contributed by atoms with Crippen LogP contribution in [0.5, 0.6) is 0 Å². The Morgan fingerprint density at radius 3 is 2.53 bits per heavy atom. The Labute approximate surface area is 113 Å². The largest absolute Gasteiger partial charge is 0.469 e. The molecule has 0 amide bonds. The third kappa shape index (κ3) is 3.13. The first-order valence-electron chi connectivity index (χ1n) is 6.17. The standard InChI is InChI=1S/C16H17NO2/c1-17-14-8-9-15(12-6-4-3-5-7-12)13(10-14)11-16(18)19-2/h3-10,17H,11H2,1-2H3. The van der Waals surface area contributed by atoms with Gasteiger partial charge in [0.15, 0.2) is 0 Å². The Morgan fingerprint density at radius 1 is 1.16 bits per heavy atom. The van der Waals surface area contributed by atoms with Crippen molar-refractivity contribution in [2.45, 2.75) is 6.42 Å². The minimum Gasteiger partial charge on any atom is -0.469 e. The number of hydrogen-bond acceptors (Lipinski definition) is 3. The van der Waals surface area contributed by atoms with Crippen molar-refractivity contribution in [2.75, 3.05) is 19.5 Å². The monoisotopic (exact) mass is 255 g/mol. The lowest BCUT2D eigenvalue weighted by molar-refractivity contribution is -0.139. The van der Waals surface area contributed by atoms with Crippen molar-refractivity contribution in [1.29, 1.82) is 0 Å². The van der Waals surface area contributed by atoms with Crippen LogP contribution in [-0.4, -0.2) is 20.1 Å². The number of hydrogen-bond donors (Lipinski definition) is 1. The fraction of sp³-hybridized carbons (Fsp3) is 0.188. The summed E-state index contributed by atoms with van der Waals surface area (Å²) in [5, 5.41) is 3.09. The molecule has 2 aromatic rings. The molecule has 0 aliphatic heterocycles. The number of anilines is 1. The van der Waals surface area contributed by atoms with Gasteiger partial charge in [0, 0.05) is 12.7 Å². The number of ether oxygens (including phenoxy) is 1. The van der Waals surface area contributed by atoms with Gasteiger partial charge in [-0.15, -0.1) is 0 Å². The molecule has 0 saturated carbocycles. The van der Waals surface area contributed by atoms with Crippen LogP contribution >= 0.6 is 0 Å². The maximum Gasteiger partial charge on any atom is 0.310 e. The van der Waals surface area contributed by atoms with E-state index >= 15 is 0 Å². The summed E-state index contributed by atoms with van der Waals surface area (Å²) in [4.78, 5) is 11.5. The van der Waals surface area contributed by atoms with Gasteiger partial charge in [0.2, 0.25) is 0 Å². The van der Waals surface area contributed by atoms with Gasteiger partial charge in [-0.2, -0.15) is 0 Å². The van der Waals surface area contributed by atoms with Gasteiger partial charge >= 0.3 is 5.97 Å². The number of methoxy groups -OCH3 is 1. The Hall–Kier alpha value is -2.29. The number of nitrogens with one attached hydrogen (secondary N) is 1. The zero-order valence-corrected chi connectivity index (χ0v) is 11.1. The number of benzene rings is 2. The molecule has 0 spiro atoms. The highest BCUT2D eigenvalue weighted by molar-refractivity contribution is 5.79. The van der Waals surface area contributed by atoms with Gasteiger partial charge in [-0.1, -0.05) is 36.4 Å². The SMILES string of the molecule is CNc1ccc(-c2ccccc2)c(CC(=O)OC)c1. The summed E-state index contributed by atoms with van der Waals surface area (Å²) >= 11 is 0. The van der Waals surface area contributed by atoms with Crippen LogP contribution in [0.15, 0.2) is 48.5 Å². The zero-order chi connectivity index (χ0) is 13.7. The van der Waals surface area contributed by atoms with E-state index < -0.39 is 0 Å². The average molecular weight is 255 g/mol. The molecule has 0 aliphatic rings. The van der Waals surface area contributed by atoms with E-state index in [1.165, 1.54) is 7.11 Å². The molecule has 0 radical (unpaired) electrons. The molecule has 1 N–H and O–H groups in total. The summed E-state index contributed by atoms with van der Waals surface area (Å²) in [6.45, 7) is 0. The Kier molecular flexibility index (Phi) is 4.18. The highest BCUT2D eigenvalue weighted by Crippen LogP contribution is 2.27. The molecule has 0 unspecified atom stereocenters. The lowest BCUT2D eigenvalue weighted by atomic mass is 9.97. The molecule has 0 atom stereocenters. The van der Waals surface area contributed by atoms with Crippen molar-refractivity contribution in [2.24, 2.45) is 0 Å². The van der Waals surface area contributed by atoms with Crippen LogP contribution in [0, 0.1) is 0 Å². The van der Waals surface area contributed by atoms with Crippen LogP contribution < -0.4 is 5.32 Å². The molecule has 98 valence electrons. The van der Waals surface area contributed by atoms with E-state index in [9.17, 15) is 4.79 Å². The van der Waals surface area contributed by atoms with Crippen molar-refractivity contribution in [3.8, 4) is 11.1 Å². The van der Waals surface area contributed by atoms with Crippen LogP contribution in [0.4, 0.5) is 5.69 Å². The van der Waals surface area contributed by atoms with Gasteiger partial charge in [0.05, 0.1) is 13.5 Å². The van der Waals surface area contributed by atoms with E-state index in [1.54, 1.807) is 0 Å². The van der Waals surface area contributed by atoms with Crippen molar-refractivity contribution >= 4 is 11.7 Å². The quantitative estimate of drug-likeness (QED) is 0.853.